The Kier molecular flexibility index (Phi) is 3.52. The molecule has 0 heterocycles. The molecule has 0 unspecified atom stereocenters. The molecular weight excluding hydrogens is 218 g/mol. The van der Waals surface area contributed by atoms with Crippen LogP contribution in [0.25, 0.3) is 0 Å². The molecule has 1 fully saturated rings. The Balaban J connectivity index is 2.30. The van der Waals surface area contributed by atoms with Crippen LogP contribution in [0.1, 0.15) is 36.0 Å². The van der Waals surface area contributed by atoms with Crippen LogP contribution >= 0.6 is 0 Å². The lowest BCUT2D eigenvalue weighted by Gasteiger charge is -2.17. The van der Waals surface area contributed by atoms with Crippen molar-refractivity contribution in [1.29, 1.82) is 0 Å². The van der Waals surface area contributed by atoms with Gasteiger partial charge in [-0.05, 0) is 37.8 Å². The van der Waals surface area contributed by atoms with Gasteiger partial charge in [-0.1, -0.05) is 6.07 Å². The Morgan fingerprint density at radius 3 is 2.65 bits per heavy atom. The molecule has 1 amide bonds. The summed E-state index contributed by atoms with van der Waals surface area (Å²) < 4.78 is 11.1. The Morgan fingerprint density at radius 1 is 1.35 bits per heavy atom. The molecule has 1 aromatic rings. The van der Waals surface area contributed by atoms with E-state index in [9.17, 15) is 4.79 Å². The minimum absolute atomic E-state index is 0.171. The number of primary amides is 1. The number of carbonyl (C=O) groups is 1. The highest BCUT2D eigenvalue weighted by Gasteiger charge is 2.21. The summed E-state index contributed by atoms with van der Waals surface area (Å²) in [5.74, 6) is 0.555. The number of carbonyl (C=O) groups excluding carboxylic acids is 1. The summed E-state index contributed by atoms with van der Waals surface area (Å²) in [4.78, 5) is 11.4. The first kappa shape index (κ1) is 11.8. The monoisotopic (exact) mass is 235 g/mol. The third kappa shape index (κ3) is 2.52. The third-order valence-corrected chi connectivity index (χ3v) is 3.05. The van der Waals surface area contributed by atoms with E-state index in [2.05, 4.69) is 0 Å². The summed E-state index contributed by atoms with van der Waals surface area (Å²) in [5, 5.41) is 0. The second kappa shape index (κ2) is 5.08. The highest BCUT2D eigenvalue weighted by atomic mass is 16.5. The van der Waals surface area contributed by atoms with Crippen molar-refractivity contribution in [3.8, 4) is 11.5 Å². The van der Waals surface area contributed by atoms with Crippen molar-refractivity contribution in [2.24, 2.45) is 5.73 Å². The number of para-hydroxylation sites is 1. The molecule has 2 N–H and O–H groups in total. The molecular formula is C13H17NO3. The molecule has 0 radical (unpaired) electrons. The maximum Gasteiger partial charge on any atom is 0.252 e. The molecule has 0 spiro atoms. The number of hydrogen-bond acceptors (Lipinski definition) is 3. The van der Waals surface area contributed by atoms with Gasteiger partial charge in [-0.3, -0.25) is 4.79 Å². The predicted octanol–water partition coefficient (Wildman–Crippen LogP) is 2.12. The molecule has 0 aliphatic heterocycles. The number of rotatable bonds is 4. The van der Waals surface area contributed by atoms with Crippen LogP contribution in [0, 0.1) is 0 Å². The quantitative estimate of drug-likeness (QED) is 0.869. The van der Waals surface area contributed by atoms with Gasteiger partial charge in [-0.25, -0.2) is 0 Å². The summed E-state index contributed by atoms with van der Waals surface area (Å²) in [5.41, 5.74) is 5.72. The summed E-state index contributed by atoms with van der Waals surface area (Å²) >= 11 is 0. The first-order valence-electron chi connectivity index (χ1n) is 5.86. The Labute approximate surface area is 101 Å². The van der Waals surface area contributed by atoms with Crippen molar-refractivity contribution < 1.29 is 14.3 Å². The maximum atomic E-state index is 11.4. The van der Waals surface area contributed by atoms with Gasteiger partial charge in [0.2, 0.25) is 0 Å². The minimum atomic E-state index is -0.489. The Hall–Kier alpha value is -1.71. The van der Waals surface area contributed by atoms with Gasteiger partial charge in [0.15, 0.2) is 11.5 Å². The fourth-order valence-corrected chi connectivity index (χ4v) is 2.17. The molecule has 1 saturated carbocycles. The van der Waals surface area contributed by atoms with Gasteiger partial charge < -0.3 is 15.2 Å². The molecule has 1 aliphatic rings. The van der Waals surface area contributed by atoms with Gasteiger partial charge >= 0.3 is 0 Å². The van der Waals surface area contributed by atoms with E-state index in [-0.39, 0.29) is 6.10 Å². The number of hydrogen-bond donors (Lipinski definition) is 1. The third-order valence-electron chi connectivity index (χ3n) is 3.05. The number of nitrogens with two attached hydrogens (primary N) is 1. The van der Waals surface area contributed by atoms with Gasteiger partial charge in [-0.2, -0.15) is 0 Å². The van der Waals surface area contributed by atoms with Crippen molar-refractivity contribution >= 4 is 5.91 Å². The second-order valence-corrected chi connectivity index (χ2v) is 4.23. The van der Waals surface area contributed by atoms with Gasteiger partial charge in [0, 0.05) is 0 Å². The Bertz CT molecular complexity index is 411. The minimum Gasteiger partial charge on any atom is -0.493 e. The van der Waals surface area contributed by atoms with E-state index in [4.69, 9.17) is 15.2 Å². The zero-order valence-corrected chi connectivity index (χ0v) is 9.94. The van der Waals surface area contributed by atoms with Gasteiger partial charge in [0.25, 0.3) is 5.91 Å². The number of ether oxygens (including phenoxy) is 2. The van der Waals surface area contributed by atoms with Crippen molar-refractivity contribution in [3.63, 3.8) is 0 Å². The molecule has 1 aliphatic carbocycles. The number of methoxy groups -OCH3 is 1. The molecule has 1 aromatic carbocycles. The molecule has 2 rings (SSSR count). The molecule has 0 aromatic heterocycles. The SMILES string of the molecule is COc1cccc(C(N)=O)c1OC1CCCC1. The molecule has 17 heavy (non-hydrogen) atoms. The van der Waals surface area contributed by atoms with Crippen LogP contribution in [-0.4, -0.2) is 19.1 Å². The summed E-state index contributed by atoms with van der Waals surface area (Å²) in [6.07, 6.45) is 4.56. The smallest absolute Gasteiger partial charge is 0.252 e. The van der Waals surface area contributed by atoms with E-state index in [0.717, 1.165) is 12.8 Å². The number of amides is 1. The second-order valence-electron chi connectivity index (χ2n) is 4.23. The van der Waals surface area contributed by atoms with Crippen molar-refractivity contribution in [1.82, 2.24) is 0 Å². The largest absolute Gasteiger partial charge is 0.493 e. The molecule has 92 valence electrons. The standard InChI is InChI=1S/C13H17NO3/c1-16-11-8-4-7-10(13(14)15)12(11)17-9-5-2-3-6-9/h4,7-9H,2-3,5-6H2,1H3,(H2,14,15). The van der Waals surface area contributed by atoms with Crippen LogP contribution < -0.4 is 15.2 Å². The topological polar surface area (TPSA) is 61.5 Å². The normalized spacial score (nSPS) is 15.8. The molecule has 4 nitrogen and oxygen atoms in total. The van der Waals surface area contributed by atoms with Crippen molar-refractivity contribution in [2.75, 3.05) is 7.11 Å². The van der Waals surface area contributed by atoms with E-state index in [0.29, 0.717) is 17.1 Å². The van der Waals surface area contributed by atoms with Crippen LogP contribution in [-0.2, 0) is 0 Å². The zero-order valence-electron chi connectivity index (χ0n) is 9.94. The van der Waals surface area contributed by atoms with E-state index in [1.165, 1.54) is 12.8 Å². The van der Waals surface area contributed by atoms with Crippen LogP contribution in [0.5, 0.6) is 11.5 Å². The zero-order chi connectivity index (χ0) is 12.3. The average Bonchev–Trinajstić information content (AvgIpc) is 2.82. The summed E-state index contributed by atoms with van der Waals surface area (Å²) in [6.45, 7) is 0. The lowest BCUT2D eigenvalue weighted by molar-refractivity contribution is 0.0992. The fourth-order valence-electron chi connectivity index (χ4n) is 2.17. The van der Waals surface area contributed by atoms with Crippen molar-refractivity contribution in [2.45, 2.75) is 31.8 Å². The van der Waals surface area contributed by atoms with Crippen LogP contribution in [0.2, 0.25) is 0 Å². The van der Waals surface area contributed by atoms with Gasteiger partial charge in [-0.15, -0.1) is 0 Å². The van der Waals surface area contributed by atoms with Crippen LogP contribution in [0.3, 0.4) is 0 Å². The molecule has 0 bridgehead atoms. The lowest BCUT2D eigenvalue weighted by Crippen LogP contribution is -2.17. The highest BCUT2D eigenvalue weighted by molar-refractivity contribution is 5.96. The van der Waals surface area contributed by atoms with Crippen molar-refractivity contribution in [3.05, 3.63) is 23.8 Å². The van der Waals surface area contributed by atoms with Gasteiger partial charge in [0.1, 0.15) is 0 Å². The first-order valence-corrected chi connectivity index (χ1v) is 5.86. The summed E-state index contributed by atoms with van der Waals surface area (Å²) in [7, 11) is 1.56. The van der Waals surface area contributed by atoms with E-state index < -0.39 is 5.91 Å². The lowest BCUT2D eigenvalue weighted by atomic mass is 10.1. The highest BCUT2D eigenvalue weighted by Crippen LogP contribution is 2.34. The van der Waals surface area contributed by atoms with E-state index >= 15 is 0 Å². The van der Waals surface area contributed by atoms with Crippen LogP contribution in [0.15, 0.2) is 18.2 Å². The fraction of sp³-hybridized carbons (Fsp3) is 0.462. The van der Waals surface area contributed by atoms with E-state index in [1.807, 2.05) is 0 Å². The predicted molar refractivity (Wildman–Crippen MR) is 64.4 cm³/mol. The Morgan fingerprint density at radius 2 is 2.06 bits per heavy atom. The first-order chi connectivity index (χ1) is 8.22. The summed E-state index contributed by atoms with van der Waals surface area (Å²) in [6, 6.07) is 5.17. The molecule has 0 atom stereocenters. The number of benzene rings is 1. The van der Waals surface area contributed by atoms with E-state index in [1.54, 1.807) is 25.3 Å². The maximum absolute atomic E-state index is 11.4. The molecule has 4 heteroatoms. The molecule has 0 saturated heterocycles. The van der Waals surface area contributed by atoms with Crippen LogP contribution in [0.4, 0.5) is 0 Å². The average molecular weight is 235 g/mol. The van der Waals surface area contributed by atoms with Gasteiger partial charge in [0.05, 0.1) is 18.8 Å².